The first-order chi connectivity index (χ1) is 14.1. The molecule has 29 heavy (non-hydrogen) atoms. The molecule has 0 N–H and O–H groups in total. The predicted molar refractivity (Wildman–Crippen MR) is 118 cm³/mol. The van der Waals surface area contributed by atoms with Gasteiger partial charge in [-0.25, -0.2) is 0 Å². The molecule has 0 radical (unpaired) electrons. The van der Waals surface area contributed by atoms with Crippen molar-refractivity contribution in [3.8, 4) is 5.75 Å². The third-order valence-corrected chi connectivity index (χ3v) is 5.53. The van der Waals surface area contributed by atoms with Crippen molar-refractivity contribution in [3.63, 3.8) is 0 Å². The number of ether oxygens (including phenoxy) is 2. The number of anilines is 1. The van der Waals surface area contributed by atoms with Crippen molar-refractivity contribution in [1.29, 1.82) is 0 Å². The van der Waals surface area contributed by atoms with Crippen LogP contribution in [0.25, 0.3) is 0 Å². The van der Waals surface area contributed by atoms with Gasteiger partial charge in [-0.15, -0.1) is 0 Å². The predicted octanol–water partition coefficient (Wildman–Crippen LogP) is 3.52. The van der Waals surface area contributed by atoms with Crippen molar-refractivity contribution in [2.24, 2.45) is 0 Å². The molecule has 3 rings (SSSR count). The molecule has 1 aliphatic rings. The van der Waals surface area contributed by atoms with Crippen LogP contribution in [0.3, 0.4) is 0 Å². The normalized spacial score (nSPS) is 15.9. The van der Waals surface area contributed by atoms with Crippen LogP contribution >= 0.6 is 0 Å². The third-order valence-electron chi connectivity index (χ3n) is 5.53. The number of nitrogens with zero attached hydrogens (tertiary/aromatic N) is 2. The van der Waals surface area contributed by atoms with Crippen molar-refractivity contribution >= 4 is 5.69 Å². The molecular formula is C24H32N2O3. The molecule has 2 aromatic carbocycles. The largest absolute Gasteiger partial charge is 0.495 e. The monoisotopic (exact) mass is 396 g/mol. The molecular weight excluding hydrogens is 364 g/mol. The van der Waals surface area contributed by atoms with Crippen LogP contribution < -0.4 is 15.1 Å². The molecule has 1 aliphatic heterocycles. The summed E-state index contributed by atoms with van der Waals surface area (Å²) in [5, 5.41) is 0. The van der Waals surface area contributed by atoms with Crippen molar-refractivity contribution in [1.82, 2.24) is 4.90 Å². The molecule has 156 valence electrons. The molecule has 0 saturated carbocycles. The summed E-state index contributed by atoms with van der Waals surface area (Å²) in [5.41, 5.74) is 2.98. The topological polar surface area (TPSA) is 42.0 Å². The van der Waals surface area contributed by atoms with Crippen LogP contribution in [0.5, 0.6) is 5.75 Å². The summed E-state index contributed by atoms with van der Waals surface area (Å²) in [6.45, 7) is 9.63. The molecule has 0 bridgehead atoms. The van der Waals surface area contributed by atoms with Crippen LogP contribution in [0.1, 0.15) is 30.9 Å². The Labute approximate surface area is 173 Å². The van der Waals surface area contributed by atoms with Gasteiger partial charge >= 0.3 is 0 Å². The number of methoxy groups -OCH3 is 1. The Morgan fingerprint density at radius 1 is 1.00 bits per heavy atom. The van der Waals surface area contributed by atoms with Crippen molar-refractivity contribution < 1.29 is 9.47 Å². The van der Waals surface area contributed by atoms with Gasteiger partial charge in [0.1, 0.15) is 5.75 Å². The lowest BCUT2D eigenvalue weighted by Gasteiger charge is -2.36. The molecule has 1 fully saturated rings. The molecule has 5 nitrogen and oxygen atoms in total. The minimum absolute atomic E-state index is 0.0935. The van der Waals surface area contributed by atoms with Gasteiger partial charge in [0.25, 0.3) is 0 Å². The van der Waals surface area contributed by atoms with Gasteiger partial charge in [-0.05, 0) is 19.1 Å². The van der Waals surface area contributed by atoms with Gasteiger partial charge in [0.15, 0.2) is 5.43 Å². The number of rotatable bonds is 8. The fourth-order valence-corrected chi connectivity index (χ4v) is 3.84. The van der Waals surface area contributed by atoms with E-state index in [1.807, 2.05) is 49.4 Å². The van der Waals surface area contributed by atoms with Crippen LogP contribution in [0.15, 0.2) is 53.3 Å². The maximum atomic E-state index is 13.1. The highest BCUT2D eigenvalue weighted by Crippen LogP contribution is 2.28. The van der Waals surface area contributed by atoms with Crippen molar-refractivity contribution in [2.75, 3.05) is 51.4 Å². The Morgan fingerprint density at radius 3 is 2.41 bits per heavy atom. The van der Waals surface area contributed by atoms with E-state index in [4.69, 9.17) is 9.47 Å². The van der Waals surface area contributed by atoms with Crippen LogP contribution in [-0.4, -0.2) is 51.4 Å². The first kappa shape index (κ1) is 21.3. The second-order valence-electron chi connectivity index (χ2n) is 7.52. The Hall–Kier alpha value is -2.37. The second-order valence-corrected chi connectivity index (χ2v) is 7.52. The van der Waals surface area contributed by atoms with Gasteiger partial charge in [-0.1, -0.05) is 43.3 Å². The average molecular weight is 397 g/mol. The quantitative estimate of drug-likeness (QED) is 0.683. The van der Waals surface area contributed by atoms with Gasteiger partial charge < -0.3 is 14.4 Å². The van der Waals surface area contributed by atoms with Crippen molar-refractivity contribution in [3.05, 3.63) is 69.9 Å². The van der Waals surface area contributed by atoms with E-state index in [2.05, 4.69) is 22.8 Å². The zero-order chi connectivity index (χ0) is 20.6. The van der Waals surface area contributed by atoms with E-state index in [1.165, 1.54) is 0 Å². The highest BCUT2D eigenvalue weighted by Gasteiger charge is 2.21. The standard InChI is InChI=1S/C24H32N2O3/c1-4-29-18-19(2)21-10-6-5-9-20(24(21)27)17-25-13-15-26(16-14-25)22-11-7-8-12-23(22)28-3/h5-12,19H,4,13-18H2,1-3H3. The summed E-state index contributed by atoms with van der Waals surface area (Å²) in [6.07, 6.45) is 0. The molecule has 5 heteroatoms. The summed E-state index contributed by atoms with van der Waals surface area (Å²) >= 11 is 0. The van der Waals surface area contributed by atoms with E-state index in [-0.39, 0.29) is 11.3 Å². The average Bonchev–Trinajstić information content (AvgIpc) is 2.94. The lowest BCUT2D eigenvalue weighted by atomic mass is 10.0. The third kappa shape index (κ3) is 5.37. The summed E-state index contributed by atoms with van der Waals surface area (Å²) in [5.74, 6) is 1.00. The summed E-state index contributed by atoms with van der Waals surface area (Å²) in [7, 11) is 1.71. The maximum absolute atomic E-state index is 13.1. The number of para-hydroxylation sites is 2. The minimum atomic E-state index is 0.0935. The first-order valence-corrected chi connectivity index (χ1v) is 10.4. The summed E-state index contributed by atoms with van der Waals surface area (Å²) in [4.78, 5) is 17.8. The van der Waals surface area contributed by atoms with Gasteiger partial charge in [0.2, 0.25) is 0 Å². The fraction of sp³-hybridized carbons (Fsp3) is 0.458. The zero-order valence-electron chi connectivity index (χ0n) is 17.8. The Morgan fingerprint density at radius 2 is 1.69 bits per heavy atom. The lowest BCUT2D eigenvalue weighted by molar-refractivity contribution is 0.136. The summed E-state index contributed by atoms with van der Waals surface area (Å²) in [6, 6.07) is 16.0. The van der Waals surface area contributed by atoms with E-state index in [0.29, 0.717) is 19.8 Å². The maximum Gasteiger partial charge on any atom is 0.186 e. The molecule has 0 aromatic heterocycles. The highest BCUT2D eigenvalue weighted by molar-refractivity contribution is 5.58. The van der Waals surface area contributed by atoms with Gasteiger partial charge in [-0.2, -0.15) is 0 Å². The molecule has 1 saturated heterocycles. The van der Waals surface area contributed by atoms with Gasteiger partial charge in [0.05, 0.1) is 19.4 Å². The Bertz CT molecular complexity index is 847. The molecule has 0 spiro atoms. The van der Waals surface area contributed by atoms with Crippen LogP contribution in [0, 0.1) is 0 Å². The zero-order valence-corrected chi connectivity index (χ0v) is 17.8. The molecule has 0 aliphatic carbocycles. The number of hydrogen-bond acceptors (Lipinski definition) is 5. The Kier molecular flexibility index (Phi) is 7.67. The van der Waals surface area contributed by atoms with E-state index < -0.39 is 0 Å². The van der Waals surface area contributed by atoms with E-state index >= 15 is 0 Å². The van der Waals surface area contributed by atoms with Gasteiger partial charge in [0, 0.05) is 56.4 Å². The molecule has 0 amide bonds. The molecule has 1 atom stereocenters. The number of hydrogen-bond donors (Lipinski definition) is 0. The summed E-state index contributed by atoms with van der Waals surface area (Å²) < 4.78 is 11.0. The fourth-order valence-electron chi connectivity index (χ4n) is 3.84. The van der Waals surface area contributed by atoms with E-state index in [1.54, 1.807) is 7.11 Å². The highest BCUT2D eigenvalue weighted by atomic mass is 16.5. The second kappa shape index (κ2) is 10.4. The lowest BCUT2D eigenvalue weighted by Crippen LogP contribution is -2.46. The van der Waals surface area contributed by atoms with Crippen molar-refractivity contribution in [2.45, 2.75) is 26.3 Å². The number of benzene rings is 1. The molecule has 1 unspecified atom stereocenters. The molecule has 1 heterocycles. The molecule has 2 aromatic rings. The number of piperazine rings is 1. The SMILES string of the molecule is CCOCC(C)c1ccccc(CN2CCN(c3ccccc3OC)CC2)c1=O. The van der Waals surface area contributed by atoms with Crippen LogP contribution in [-0.2, 0) is 11.3 Å². The minimum Gasteiger partial charge on any atom is -0.495 e. The van der Waals surface area contributed by atoms with Gasteiger partial charge in [-0.3, -0.25) is 9.69 Å². The smallest absolute Gasteiger partial charge is 0.186 e. The van der Waals surface area contributed by atoms with Crippen LogP contribution in [0.4, 0.5) is 5.69 Å². The Balaban J connectivity index is 1.67. The van der Waals surface area contributed by atoms with E-state index in [9.17, 15) is 4.79 Å². The van der Waals surface area contributed by atoms with Crippen LogP contribution in [0.2, 0.25) is 0 Å². The van der Waals surface area contributed by atoms with E-state index in [0.717, 1.165) is 48.7 Å². The first-order valence-electron chi connectivity index (χ1n) is 10.4.